The molecule has 1 aromatic carbocycles. The molecule has 5 nitrogen and oxygen atoms in total. The highest BCUT2D eigenvalue weighted by Crippen LogP contribution is 2.39. The van der Waals surface area contributed by atoms with E-state index in [9.17, 15) is 9.50 Å². The maximum Gasteiger partial charge on any atom is 0.123 e. The Morgan fingerprint density at radius 2 is 2.04 bits per heavy atom. The first kappa shape index (κ1) is 18.6. The molecule has 6 heteroatoms. The fourth-order valence-electron chi connectivity index (χ4n) is 4.71. The monoisotopic (exact) mass is 373 g/mol. The van der Waals surface area contributed by atoms with Crippen molar-refractivity contribution in [2.24, 2.45) is 11.8 Å². The van der Waals surface area contributed by atoms with Gasteiger partial charge in [0, 0.05) is 44.0 Å². The van der Waals surface area contributed by atoms with Crippen LogP contribution in [-0.4, -0.2) is 52.1 Å². The van der Waals surface area contributed by atoms with Crippen LogP contribution in [0, 0.1) is 17.7 Å². The highest BCUT2D eigenvalue weighted by molar-refractivity contribution is 5.62. The highest BCUT2D eigenvalue weighted by Gasteiger charge is 2.45. The van der Waals surface area contributed by atoms with Gasteiger partial charge < -0.3 is 9.84 Å². The van der Waals surface area contributed by atoms with Crippen molar-refractivity contribution in [3.05, 3.63) is 41.8 Å². The lowest BCUT2D eigenvalue weighted by Gasteiger charge is -2.48. The molecule has 0 radical (unpaired) electrons. The fourth-order valence-corrected chi connectivity index (χ4v) is 4.71. The quantitative estimate of drug-likeness (QED) is 0.864. The second-order valence-corrected chi connectivity index (χ2v) is 8.04. The molecule has 146 valence electrons. The summed E-state index contributed by atoms with van der Waals surface area (Å²) in [5.41, 5.74) is 2.39. The van der Waals surface area contributed by atoms with Gasteiger partial charge in [-0.2, -0.15) is 5.10 Å². The van der Waals surface area contributed by atoms with E-state index < -0.39 is 5.60 Å². The summed E-state index contributed by atoms with van der Waals surface area (Å²) in [6.45, 7) is 6.20. The van der Waals surface area contributed by atoms with Crippen LogP contribution in [0.3, 0.4) is 0 Å². The normalized spacial score (nSPS) is 27.7. The van der Waals surface area contributed by atoms with E-state index in [0.717, 1.165) is 68.9 Å². The Hall–Kier alpha value is -1.76. The summed E-state index contributed by atoms with van der Waals surface area (Å²) in [7, 11) is 0. The summed E-state index contributed by atoms with van der Waals surface area (Å²) in [6.07, 6.45) is 4.56. The van der Waals surface area contributed by atoms with Gasteiger partial charge in [-0.25, -0.2) is 4.39 Å². The Morgan fingerprint density at radius 3 is 2.74 bits per heavy atom. The molecule has 0 spiro atoms. The van der Waals surface area contributed by atoms with E-state index in [4.69, 9.17) is 4.74 Å². The average Bonchev–Trinajstić information content (AvgIpc) is 3.14. The molecule has 0 unspecified atom stereocenters. The van der Waals surface area contributed by atoms with Crippen molar-refractivity contribution in [1.82, 2.24) is 15.1 Å². The Bertz CT molecular complexity index is 757. The third kappa shape index (κ3) is 3.79. The first-order valence-electron chi connectivity index (χ1n) is 9.87. The second kappa shape index (κ2) is 7.70. The third-order valence-corrected chi connectivity index (χ3v) is 6.39. The lowest BCUT2D eigenvalue weighted by atomic mass is 9.70. The molecule has 2 atom stereocenters. The van der Waals surface area contributed by atoms with Crippen LogP contribution in [0.5, 0.6) is 0 Å². The maximum atomic E-state index is 13.2. The van der Waals surface area contributed by atoms with E-state index in [1.54, 1.807) is 12.1 Å². The van der Waals surface area contributed by atoms with Gasteiger partial charge in [-0.3, -0.25) is 10.00 Å². The largest absolute Gasteiger partial charge is 0.389 e. The number of hydrogen-bond acceptors (Lipinski definition) is 4. The molecule has 2 aromatic rings. The van der Waals surface area contributed by atoms with Gasteiger partial charge in [0.25, 0.3) is 0 Å². The van der Waals surface area contributed by atoms with Gasteiger partial charge in [-0.1, -0.05) is 6.92 Å². The van der Waals surface area contributed by atoms with Gasteiger partial charge in [-0.05, 0) is 55.4 Å². The highest BCUT2D eigenvalue weighted by atomic mass is 19.1. The van der Waals surface area contributed by atoms with Crippen LogP contribution in [-0.2, 0) is 11.3 Å². The summed E-state index contributed by atoms with van der Waals surface area (Å²) in [4.78, 5) is 2.39. The summed E-state index contributed by atoms with van der Waals surface area (Å²) >= 11 is 0. The minimum Gasteiger partial charge on any atom is -0.389 e. The van der Waals surface area contributed by atoms with Crippen LogP contribution in [0.1, 0.15) is 31.7 Å². The van der Waals surface area contributed by atoms with Crippen LogP contribution in [0.15, 0.2) is 30.5 Å². The van der Waals surface area contributed by atoms with Crippen molar-refractivity contribution < 1.29 is 14.2 Å². The zero-order valence-corrected chi connectivity index (χ0v) is 15.8. The molecular formula is C21H28FN3O2. The number of nitrogens with one attached hydrogen (secondary N) is 1. The number of benzene rings is 1. The minimum atomic E-state index is -0.587. The van der Waals surface area contributed by atoms with Crippen molar-refractivity contribution >= 4 is 0 Å². The van der Waals surface area contributed by atoms with Gasteiger partial charge in [0.15, 0.2) is 0 Å². The lowest BCUT2D eigenvalue weighted by molar-refractivity contribution is -0.131. The van der Waals surface area contributed by atoms with E-state index in [2.05, 4.69) is 22.0 Å². The Balaban J connectivity index is 1.43. The van der Waals surface area contributed by atoms with E-state index >= 15 is 0 Å². The number of aromatic nitrogens is 2. The van der Waals surface area contributed by atoms with Gasteiger partial charge in [0.2, 0.25) is 0 Å². The first-order valence-corrected chi connectivity index (χ1v) is 9.87. The van der Waals surface area contributed by atoms with Gasteiger partial charge in [-0.15, -0.1) is 0 Å². The van der Waals surface area contributed by atoms with E-state index in [-0.39, 0.29) is 11.7 Å². The lowest BCUT2D eigenvalue weighted by Crippen LogP contribution is -2.55. The molecule has 0 aliphatic carbocycles. The minimum absolute atomic E-state index is 0.218. The van der Waals surface area contributed by atoms with Gasteiger partial charge >= 0.3 is 0 Å². The predicted octanol–water partition coefficient (Wildman–Crippen LogP) is 3.22. The standard InChI is InChI=1S/C21H28FN3O2/c1-15-13-25(9-8-21(15,26)18-6-10-27-11-7-18)14-17-12-23-24-20(17)16-2-4-19(22)5-3-16/h2-5,12,15,18,26H,6-11,13-14H2,1H3,(H,23,24)/t15-,21+/m1/s1. The number of aromatic amines is 1. The van der Waals surface area contributed by atoms with Crippen molar-refractivity contribution in [2.45, 2.75) is 38.3 Å². The number of halogens is 1. The molecule has 0 amide bonds. The SMILES string of the molecule is C[C@@H]1CN(Cc2cn[nH]c2-c2ccc(F)cc2)CC[C@@]1(O)C1CCOCC1. The summed E-state index contributed by atoms with van der Waals surface area (Å²) < 4.78 is 18.7. The summed E-state index contributed by atoms with van der Waals surface area (Å²) in [6, 6.07) is 6.48. The zero-order valence-electron chi connectivity index (χ0n) is 15.8. The summed E-state index contributed by atoms with van der Waals surface area (Å²) in [5.74, 6) is 0.319. The number of aliphatic hydroxyl groups is 1. The molecule has 2 aliphatic heterocycles. The molecule has 2 fully saturated rings. The molecule has 2 N–H and O–H groups in total. The van der Waals surface area contributed by atoms with E-state index in [1.807, 2.05) is 6.20 Å². The number of piperidine rings is 1. The van der Waals surface area contributed by atoms with Gasteiger partial charge in [0.1, 0.15) is 5.82 Å². The Labute approximate surface area is 159 Å². The third-order valence-electron chi connectivity index (χ3n) is 6.39. The smallest absolute Gasteiger partial charge is 0.123 e. The van der Waals surface area contributed by atoms with Crippen LogP contribution >= 0.6 is 0 Å². The number of ether oxygens (including phenoxy) is 1. The summed E-state index contributed by atoms with van der Waals surface area (Å²) in [5, 5.41) is 18.6. The maximum absolute atomic E-state index is 13.2. The van der Waals surface area contributed by atoms with Crippen LogP contribution in [0.4, 0.5) is 4.39 Å². The zero-order chi connectivity index (χ0) is 18.9. The molecule has 1 aromatic heterocycles. The molecule has 3 heterocycles. The van der Waals surface area contributed by atoms with Crippen molar-refractivity contribution in [1.29, 1.82) is 0 Å². The number of H-pyrrole nitrogens is 1. The number of likely N-dealkylation sites (tertiary alicyclic amines) is 1. The molecule has 2 saturated heterocycles. The molecule has 0 saturated carbocycles. The van der Waals surface area contributed by atoms with Crippen LogP contribution < -0.4 is 0 Å². The number of nitrogens with zero attached hydrogens (tertiary/aromatic N) is 2. The Kier molecular flexibility index (Phi) is 5.30. The van der Waals surface area contributed by atoms with E-state index in [0.29, 0.717) is 5.92 Å². The molecular weight excluding hydrogens is 345 g/mol. The van der Waals surface area contributed by atoms with Crippen LogP contribution in [0.25, 0.3) is 11.3 Å². The second-order valence-electron chi connectivity index (χ2n) is 8.04. The molecule has 0 bridgehead atoms. The molecule has 4 rings (SSSR count). The average molecular weight is 373 g/mol. The van der Waals surface area contributed by atoms with E-state index in [1.165, 1.54) is 12.1 Å². The van der Waals surface area contributed by atoms with Crippen molar-refractivity contribution in [3.63, 3.8) is 0 Å². The number of hydrogen-bond donors (Lipinski definition) is 2. The Morgan fingerprint density at radius 1 is 1.30 bits per heavy atom. The van der Waals surface area contributed by atoms with Crippen molar-refractivity contribution in [3.8, 4) is 11.3 Å². The topological polar surface area (TPSA) is 61.4 Å². The van der Waals surface area contributed by atoms with Crippen molar-refractivity contribution in [2.75, 3.05) is 26.3 Å². The predicted molar refractivity (Wildman–Crippen MR) is 102 cm³/mol. The number of rotatable bonds is 4. The first-order chi connectivity index (χ1) is 13.1. The van der Waals surface area contributed by atoms with Gasteiger partial charge in [0.05, 0.1) is 17.5 Å². The van der Waals surface area contributed by atoms with Crippen LogP contribution in [0.2, 0.25) is 0 Å². The molecule has 2 aliphatic rings. The fraction of sp³-hybridized carbons (Fsp3) is 0.571. The molecule has 27 heavy (non-hydrogen) atoms.